The third-order valence-corrected chi connectivity index (χ3v) is 2.80. The van der Waals surface area contributed by atoms with Crippen LogP contribution in [0.2, 0.25) is 5.02 Å². The van der Waals surface area contributed by atoms with Crippen LogP contribution in [-0.2, 0) is 13.2 Å². The monoisotopic (exact) mass is 279 g/mol. The van der Waals surface area contributed by atoms with Crippen molar-refractivity contribution in [3.8, 4) is 11.5 Å². The predicted molar refractivity (Wildman–Crippen MR) is 72.5 cm³/mol. The Labute approximate surface area is 116 Å². The molecule has 0 bridgehead atoms. The van der Waals surface area contributed by atoms with Gasteiger partial charge >= 0.3 is 0 Å². The van der Waals surface area contributed by atoms with E-state index in [-0.39, 0.29) is 6.61 Å². The number of aliphatic hydroxyl groups is 1. The van der Waals surface area contributed by atoms with Gasteiger partial charge in [0, 0.05) is 11.2 Å². The van der Waals surface area contributed by atoms with Crippen LogP contribution in [0.4, 0.5) is 0 Å². The zero-order valence-electron chi connectivity index (χ0n) is 10.5. The Hall–Kier alpha value is -1.78. The third-order valence-electron chi connectivity index (χ3n) is 2.56. The number of ether oxygens (including phenoxy) is 2. The van der Waals surface area contributed by atoms with Crippen molar-refractivity contribution in [3.05, 3.63) is 52.8 Å². The van der Waals surface area contributed by atoms with E-state index in [0.717, 1.165) is 11.3 Å². The van der Waals surface area contributed by atoms with Gasteiger partial charge in [-0.2, -0.15) is 0 Å². The molecule has 5 heteroatoms. The van der Waals surface area contributed by atoms with E-state index < -0.39 is 0 Å². The second kappa shape index (κ2) is 6.41. The fourth-order valence-corrected chi connectivity index (χ4v) is 1.79. The Morgan fingerprint density at radius 2 is 2.05 bits per heavy atom. The molecule has 0 saturated carbocycles. The molecular formula is C14H14ClNO3. The lowest BCUT2D eigenvalue weighted by molar-refractivity contribution is 0.272. The number of nitrogens with zero attached hydrogens (tertiary/aromatic N) is 1. The second-order valence-corrected chi connectivity index (χ2v) is 4.33. The van der Waals surface area contributed by atoms with Gasteiger partial charge in [-0.05, 0) is 29.8 Å². The molecule has 0 atom stereocenters. The molecule has 0 spiro atoms. The second-order valence-electron chi connectivity index (χ2n) is 3.90. The zero-order valence-corrected chi connectivity index (χ0v) is 11.2. The van der Waals surface area contributed by atoms with E-state index >= 15 is 0 Å². The number of hydrogen-bond donors (Lipinski definition) is 1. The summed E-state index contributed by atoms with van der Waals surface area (Å²) in [6.07, 6.45) is 1.63. The first-order valence-corrected chi connectivity index (χ1v) is 6.11. The van der Waals surface area contributed by atoms with E-state index in [0.29, 0.717) is 23.1 Å². The normalized spacial score (nSPS) is 10.3. The van der Waals surface area contributed by atoms with Crippen molar-refractivity contribution < 1.29 is 14.6 Å². The Bertz CT molecular complexity index is 560. The van der Waals surface area contributed by atoms with Gasteiger partial charge in [-0.25, -0.2) is 0 Å². The van der Waals surface area contributed by atoms with Crippen molar-refractivity contribution in [3.63, 3.8) is 0 Å². The largest absolute Gasteiger partial charge is 0.493 e. The molecule has 100 valence electrons. The summed E-state index contributed by atoms with van der Waals surface area (Å²) < 4.78 is 10.9. The van der Waals surface area contributed by atoms with Crippen LogP contribution in [0.15, 0.2) is 36.5 Å². The molecule has 1 aromatic heterocycles. The molecule has 0 radical (unpaired) electrons. The van der Waals surface area contributed by atoms with Crippen LogP contribution in [0.1, 0.15) is 11.3 Å². The maximum absolute atomic E-state index is 9.07. The highest BCUT2D eigenvalue weighted by Crippen LogP contribution is 2.28. The Kier molecular flexibility index (Phi) is 4.60. The SMILES string of the molecule is COc1cc(CO)ccc1OCc1cc(Cl)ccn1. The van der Waals surface area contributed by atoms with Gasteiger partial charge in [0.1, 0.15) is 6.61 Å². The van der Waals surface area contributed by atoms with Gasteiger partial charge < -0.3 is 14.6 Å². The fraction of sp³-hybridized carbons (Fsp3) is 0.214. The smallest absolute Gasteiger partial charge is 0.161 e. The first-order valence-electron chi connectivity index (χ1n) is 5.74. The molecular weight excluding hydrogens is 266 g/mol. The molecule has 4 nitrogen and oxygen atoms in total. The molecule has 1 N–H and O–H groups in total. The molecule has 0 fully saturated rings. The summed E-state index contributed by atoms with van der Waals surface area (Å²) in [5, 5.41) is 9.69. The molecule has 1 heterocycles. The minimum atomic E-state index is -0.0352. The number of pyridine rings is 1. The highest BCUT2D eigenvalue weighted by atomic mass is 35.5. The van der Waals surface area contributed by atoms with Crippen LogP contribution in [0.3, 0.4) is 0 Å². The number of benzene rings is 1. The van der Waals surface area contributed by atoms with Crippen LogP contribution < -0.4 is 9.47 Å². The summed E-state index contributed by atoms with van der Waals surface area (Å²) >= 11 is 5.88. The van der Waals surface area contributed by atoms with Crippen LogP contribution in [0, 0.1) is 0 Å². The maximum Gasteiger partial charge on any atom is 0.161 e. The number of rotatable bonds is 5. The summed E-state index contributed by atoms with van der Waals surface area (Å²) in [6.45, 7) is 0.266. The van der Waals surface area contributed by atoms with Gasteiger partial charge in [-0.3, -0.25) is 4.98 Å². The molecule has 0 aliphatic rings. The van der Waals surface area contributed by atoms with Gasteiger partial charge in [0.05, 0.1) is 19.4 Å². The Balaban J connectivity index is 2.11. The molecule has 2 aromatic rings. The fourth-order valence-electron chi connectivity index (χ4n) is 1.61. The van der Waals surface area contributed by atoms with Crippen molar-refractivity contribution in [1.82, 2.24) is 4.98 Å². The summed E-state index contributed by atoms with van der Waals surface area (Å²) in [5.41, 5.74) is 1.51. The number of halogens is 1. The molecule has 1 aromatic carbocycles. The van der Waals surface area contributed by atoms with Crippen molar-refractivity contribution in [1.29, 1.82) is 0 Å². The highest BCUT2D eigenvalue weighted by molar-refractivity contribution is 6.30. The molecule has 19 heavy (non-hydrogen) atoms. The summed E-state index contributed by atoms with van der Waals surface area (Å²) in [7, 11) is 1.56. The number of aliphatic hydroxyl groups excluding tert-OH is 1. The van der Waals surface area contributed by atoms with Crippen LogP contribution >= 0.6 is 11.6 Å². The molecule has 0 saturated heterocycles. The van der Waals surface area contributed by atoms with Crippen LogP contribution in [0.5, 0.6) is 11.5 Å². The van der Waals surface area contributed by atoms with Crippen molar-refractivity contribution in [2.75, 3.05) is 7.11 Å². The first kappa shape index (κ1) is 13.6. The van der Waals surface area contributed by atoms with Gasteiger partial charge in [0.25, 0.3) is 0 Å². The zero-order chi connectivity index (χ0) is 13.7. The average molecular weight is 280 g/mol. The molecule has 0 amide bonds. The average Bonchev–Trinajstić information content (AvgIpc) is 2.45. The quantitative estimate of drug-likeness (QED) is 0.914. The minimum absolute atomic E-state index is 0.0352. The lowest BCUT2D eigenvalue weighted by Crippen LogP contribution is -2.00. The van der Waals surface area contributed by atoms with Gasteiger partial charge in [0.15, 0.2) is 11.5 Å². The lowest BCUT2D eigenvalue weighted by atomic mass is 10.2. The van der Waals surface area contributed by atoms with Crippen molar-refractivity contribution >= 4 is 11.6 Å². The summed E-state index contributed by atoms with van der Waals surface area (Å²) in [6, 6.07) is 8.73. The van der Waals surface area contributed by atoms with E-state index in [2.05, 4.69) is 4.98 Å². The topological polar surface area (TPSA) is 51.6 Å². The van der Waals surface area contributed by atoms with E-state index in [1.54, 1.807) is 43.6 Å². The lowest BCUT2D eigenvalue weighted by Gasteiger charge is -2.11. The summed E-state index contributed by atoms with van der Waals surface area (Å²) in [5.74, 6) is 1.18. The van der Waals surface area contributed by atoms with Crippen LogP contribution in [0.25, 0.3) is 0 Å². The molecule has 0 aliphatic heterocycles. The standard InChI is InChI=1S/C14H14ClNO3/c1-18-14-6-10(8-17)2-3-13(14)19-9-12-7-11(15)4-5-16-12/h2-7,17H,8-9H2,1H3. The van der Waals surface area contributed by atoms with Gasteiger partial charge in [-0.15, -0.1) is 0 Å². The maximum atomic E-state index is 9.07. The van der Waals surface area contributed by atoms with E-state index in [1.165, 1.54) is 0 Å². The van der Waals surface area contributed by atoms with Crippen molar-refractivity contribution in [2.24, 2.45) is 0 Å². The van der Waals surface area contributed by atoms with Crippen molar-refractivity contribution in [2.45, 2.75) is 13.2 Å². The predicted octanol–water partition coefficient (Wildman–Crippen LogP) is 2.81. The number of aromatic nitrogens is 1. The van der Waals surface area contributed by atoms with E-state index in [9.17, 15) is 0 Å². The molecule has 0 unspecified atom stereocenters. The first-order chi connectivity index (χ1) is 9.22. The summed E-state index contributed by atoms with van der Waals surface area (Å²) in [4.78, 5) is 4.15. The Morgan fingerprint density at radius 3 is 2.74 bits per heavy atom. The third kappa shape index (κ3) is 3.59. The van der Waals surface area contributed by atoms with Gasteiger partial charge in [-0.1, -0.05) is 17.7 Å². The minimum Gasteiger partial charge on any atom is -0.493 e. The van der Waals surface area contributed by atoms with Crippen LogP contribution in [-0.4, -0.2) is 17.2 Å². The molecule has 2 rings (SSSR count). The highest BCUT2D eigenvalue weighted by Gasteiger charge is 2.06. The Morgan fingerprint density at radius 1 is 1.21 bits per heavy atom. The van der Waals surface area contributed by atoms with Gasteiger partial charge in [0.2, 0.25) is 0 Å². The molecule has 0 aliphatic carbocycles. The number of methoxy groups -OCH3 is 1. The van der Waals surface area contributed by atoms with E-state index in [1.807, 2.05) is 0 Å². The number of hydrogen-bond acceptors (Lipinski definition) is 4. The van der Waals surface area contributed by atoms with E-state index in [4.69, 9.17) is 26.2 Å².